The van der Waals surface area contributed by atoms with Crippen LogP contribution in [-0.4, -0.2) is 86.2 Å². The summed E-state index contributed by atoms with van der Waals surface area (Å²) in [7, 11) is -18.1. The third-order valence-corrected chi connectivity index (χ3v) is 8.30. The van der Waals surface area contributed by atoms with E-state index >= 15 is 0 Å². The molecule has 0 radical (unpaired) electrons. The lowest BCUT2D eigenvalue weighted by Crippen LogP contribution is -2.69. The number of esters is 1. The Morgan fingerprint density at radius 2 is 0.821 bits per heavy atom. The van der Waals surface area contributed by atoms with Gasteiger partial charge in [-0.3, -0.25) is 4.79 Å². The van der Waals surface area contributed by atoms with Crippen LogP contribution in [0.1, 0.15) is 6.92 Å². The van der Waals surface area contributed by atoms with Crippen molar-refractivity contribution < 1.29 is 105 Å². The Balaban J connectivity index is 7.63. The Kier molecular flexibility index (Phi) is 9.37. The van der Waals surface area contributed by atoms with E-state index in [0.717, 1.165) is 0 Å². The second-order valence-corrected chi connectivity index (χ2v) is 10.6. The van der Waals surface area contributed by atoms with Crippen LogP contribution in [0.4, 0.5) is 79.0 Å². The van der Waals surface area contributed by atoms with Crippen molar-refractivity contribution in [1.29, 1.82) is 0 Å². The van der Waals surface area contributed by atoms with Crippen LogP contribution in [0.25, 0.3) is 0 Å². The highest BCUT2D eigenvalue weighted by molar-refractivity contribution is 8.05. The third-order valence-electron chi connectivity index (χ3n) is 3.98. The number of carbonyl (C=O) groups excluding carboxylic acids is 1. The number of alkyl halides is 18. The number of hydrogen-bond donors (Lipinski definition) is 0. The maximum atomic E-state index is 14.0. The molecule has 0 rings (SSSR count). The van der Waals surface area contributed by atoms with Crippen LogP contribution < -0.4 is 0 Å². The minimum Gasteiger partial charge on any atom is -0.465 e. The average molecular weight is 667 g/mol. The Morgan fingerprint density at radius 1 is 0.564 bits per heavy atom. The number of hydrogen-bond acceptors (Lipinski definition) is 6. The summed E-state index contributed by atoms with van der Waals surface area (Å²) < 4.78 is 283. The second kappa shape index (κ2) is 9.86. The normalized spacial score (nSPS) is 16.0. The molecule has 0 aliphatic rings. The Labute approximate surface area is 202 Å². The summed E-state index contributed by atoms with van der Waals surface area (Å²) in [6.45, 7) is -4.18. The van der Waals surface area contributed by atoms with Crippen LogP contribution in [0.15, 0.2) is 0 Å². The summed E-state index contributed by atoms with van der Waals surface area (Å²) in [5.74, 6) is -36.3. The molecule has 0 saturated heterocycles. The molecule has 0 unspecified atom stereocenters. The van der Waals surface area contributed by atoms with Gasteiger partial charge in [0.1, 0.15) is 6.54 Å². The molecule has 0 aromatic rings. The predicted octanol–water partition coefficient (Wildman–Crippen LogP) is 4.36. The van der Waals surface area contributed by atoms with Gasteiger partial charge in [-0.15, -0.1) is 0 Å². The van der Waals surface area contributed by atoms with E-state index in [1.807, 2.05) is 0 Å². The van der Waals surface area contributed by atoms with Gasteiger partial charge in [-0.1, -0.05) is 3.71 Å². The minimum atomic E-state index is -9.06. The van der Waals surface area contributed by atoms with Crippen molar-refractivity contribution in [3.8, 4) is 0 Å². The molecule has 0 fully saturated rings. The molecule has 0 atom stereocenters. The lowest BCUT2D eigenvalue weighted by Gasteiger charge is -2.37. The predicted molar refractivity (Wildman–Crippen MR) is 83.0 cm³/mol. The van der Waals surface area contributed by atoms with Crippen molar-refractivity contribution in [1.82, 2.24) is 3.71 Å². The van der Waals surface area contributed by atoms with Gasteiger partial charge in [0.2, 0.25) is 0 Å². The van der Waals surface area contributed by atoms with Gasteiger partial charge in [0, 0.05) is 0 Å². The molecule has 0 aliphatic heterocycles. The fourth-order valence-electron chi connectivity index (χ4n) is 1.91. The molecule has 0 N–H and O–H groups in total. The van der Waals surface area contributed by atoms with Gasteiger partial charge >= 0.3 is 52.5 Å². The fourth-order valence-corrected chi connectivity index (χ4v) is 5.47. The number of ether oxygens (including phenoxy) is 1. The quantitative estimate of drug-likeness (QED) is 0.240. The van der Waals surface area contributed by atoms with Crippen molar-refractivity contribution in [2.24, 2.45) is 0 Å². The molecule has 0 spiro atoms. The average Bonchev–Trinajstić information content (AvgIpc) is 2.69. The molecule has 39 heavy (non-hydrogen) atoms. The van der Waals surface area contributed by atoms with Gasteiger partial charge in [0.05, 0.1) is 6.61 Å². The first kappa shape index (κ1) is 37.1. The molecule has 0 amide bonds. The number of nitrogens with zero attached hydrogens (tertiary/aromatic N) is 1. The number of halogens is 18. The van der Waals surface area contributed by atoms with Crippen molar-refractivity contribution in [3.05, 3.63) is 0 Å². The van der Waals surface area contributed by atoms with E-state index in [2.05, 4.69) is 4.74 Å². The van der Waals surface area contributed by atoms with Crippen molar-refractivity contribution in [2.45, 2.75) is 53.5 Å². The largest absolute Gasteiger partial charge is 0.465 e. The molecule has 0 aliphatic carbocycles. The lowest BCUT2D eigenvalue weighted by molar-refractivity contribution is -0.383. The Bertz CT molecular complexity index is 1060. The van der Waals surface area contributed by atoms with Crippen LogP contribution >= 0.6 is 0 Å². The number of carbonyl (C=O) groups is 1. The first-order valence-electron chi connectivity index (χ1n) is 8.42. The summed E-state index contributed by atoms with van der Waals surface area (Å²) >= 11 is 0. The van der Waals surface area contributed by atoms with Crippen molar-refractivity contribution in [2.75, 3.05) is 13.2 Å². The molecule has 0 aromatic heterocycles. The summed E-state index contributed by atoms with van der Waals surface area (Å²) in [5.41, 5.74) is 0. The fraction of sp³-hybridized carbons (Fsp3) is 0.917. The molecule has 0 aromatic carbocycles. The first-order chi connectivity index (χ1) is 16.6. The van der Waals surface area contributed by atoms with E-state index in [1.165, 1.54) is 0 Å². The highest BCUT2D eigenvalue weighted by Gasteiger charge is 2.89. The van der Waals surface area contributed by atoms with E-state index in [-0.39, 0.29) is 0 Å². The van der Waals surface area contributed by atoms with Gasteiger partial charge in [-0.05, 0) is 6.92 Å². The number of sulfonamides is 2. The molecule has 0 bridgehead atoms. The van der Waals surface area contributed by atoms with Crippen LogP contribution in [0.3, 0.4) is 0 Å². The summed E-state index contributed by atoms with van der Waals surface area (Å²) in [6, 6.07) is 0. The molecule has 27 heteroatoms. The van der Waals surface area contributed by atoms with Crippen LogP contribution in [0, 0.1) is 0 Å². The maximum absolute atomic E-state index is 14.0. The van der Waals surface area contributed by atoms with E-state index < -0.39 is 89.4 Å². The maximum Gasteiger partial charge on any atom is 0.460 e. The van der Waals surface area contributed by atoms with Gasteiger partial charge in [-0.25, -0.2) is 16.8 Å². The van der Waals surface area contributed by atoms with E-state index in [1.54, 1.807) is 0 Å². The standard InChI is InChI=1S/C12H7F18NO6S2/c1-2-37-4(32)3-31(38(33,34)11(27,28)7(17,18)5(13,14)9(21,22)23)39(35,36)12(29,30)8(19,20)6(15,16)10(24,25)26/h2-3H2,1H3. The minimum absolute atomic E-state index is 0.616. The molecule has 234 valence electrons. The van der Waals surface area contributed by atoms with E-state index in [4.69, 9.17) is 0 Å². The zero-order valence-electron chi connectivity index (χ0n) is 17.4. The Hall–Kier alpha value is -1.93. The molecule has 0 saturated carbocycles. The first-order valence-corrected chi connectivity index (χ1v) is 11.3. The summed E-state index contributed by atoms with van der Waals surface area (Å²) in [6.07, 6.45) is -15.7. The van der Waals surface area contributed by atoms with Crippen molar-refractivity contribution >= 4 is 26.0 Å². The summed E-state index contributed by atoms with van der Waals surface area (Å²) in [5, 5.41) is -16.8. The van der Waals surface area contributed by atoms with Gasteiger partial charge in [0.15, 0.2) is 0 Å². The van der Waals surface area contributed by atoms with E-state index in [9.17, 15) is 101 Å². The smallest absolute Gasteiger partial charge is 0.460 e. The van der Waals surface area contributed by atoms with Crippen molar-refractivity contribution in [3.63, 3.8) is 0 Å². The SMILES string of the molecule is CCOC(=O)CN(S(=O)(=O)C(F)(F)C(F)(F)C(F)(F)C(F)(F)F)S(=O)(=O)C(F)(F)C(F)(F)C(F)(F)C(F)(F)F. The van der Waals surface area contributed by atoms with Gasteiger partial charge in [-0.2, -0.15) is 79.0 Å². The van der Waals surface area contributed by atoms with E-state index in [0.29, 0.717) is 6.92 Å². The van der Waals surface area contributed by atoms with Crippen LogP contribution in [0.2, 0.25) is 0 Å². The molecule has 0 heterocycles. The molecule has 7 nitrogen and oxygen atoms in total. The van der Waals surface area contributed by atoms with Crippen LogP contribution in [-0.2, 0) is 29.6 Å². The highest BCUT2D eigenvalue weighted by Crippen LogP contribution is 2.58. The topological polar surface area (TPSA) is 97.8 Å². The van der Waals surface area contributed by atoms with Crippen LogP contribution in [0.5, 0.6) is 0 Å². The highest BCUT2D eigenvalue weighted by atomic mass is 32.3. The number of rotatable bonds is 11. The zero-order valence-corrected chi connectivity index (χ0v) is 19.1. The third kappa shape index (κ3) is 5.28. The lowest BCUT2D eigenvalue weighted by atomic mass is 10.1. The van der Waals surface area contributed by atoms with Gasteiger partial charge in [0.25, 0.3) is 20.0 Å². The molecular weight excluding hydrogens is 660 g/mol. The molecular formula is C12H7F18NO6S2. The summed E-state index contributed by atoms with van der Waals surface area (Å²) in [4.78, 5) is 11.3. The second-order valence-electron chi connectivity index (χ2n) is 6.57. The Morgan fingerprint density at radius 3 is 1.03 bits per heavy atom. The zero-order chi connectivity index (χ0) is 32.3. The van der Waals surface area contributed by atoms with Gasteiger partial charge < -0.3 is 4.74 Å². The monoisotopic (exact) mass is 667 g/mol.